The Kier molecular flexibility index (Phi) is 4.33. The number of nitrogen functional groups attached to an aromatic ring is 1. The van der Waals surface area contributed by atoms with Crippen LogP contribution in [0.5, 0.6) is 0 Å². The van der Waals surface area contributed by atoms with Crippen molar-refractivity contribution >= 4 is 21.6 Å². The van der Waals surface area contributed by atoms with E-state index in [0.717, 1.165) is 28.5 Å². The first kappa shape index (κ1) is 13.9. The molecular weight excluding hydrogens is 288 g/mol. The highest BCUT2D eigenvalue weighted by Crippen LogP contribution is 2.29. The summed E-state index contributed by atoms with van der Waals surface area (Å²) in [6, 6.07) is 6.87. The number of benzene rings is 1. The molecule has 0 radical (unpaired) electrons. The van der Waals surface area contributed by atoms with Crippen LogP contribution in [0.3, 0.4) is 0 Å². The fraction of sp³-hybridized carbons (Fsp3) is 0.600. The molecule has 1 aliphatic rings. The van der Waals surface area contributed by atoms with Crippen molar-refractivity contribution in [3.8, 4) is 0 Å². The predicted molar refractivity (Wildman–Crippen MR) is 81.4 cm³/mol. The van der Waals surface area contributed by atoms with Crippen LogP contribution in [0.25, 0.3) is 0 Å². The van der Waals surface area contributed by atoms with Crippen molar-refractivity contribution in [1.82, 2.24) is 4.90 Å². The van der Waals surface area contributed by atoms with Crippen molar-refractivity contribution in [3.05, 3.63) is 28.2 Å². The van der Waals surface area contributed by atoms with Crippen LogP contribution in [-0.4, -0.2) is 17.5 Å². The molecule has 0 aliphatic carbocycles. The molecule has 2 nitrogen and oxygen atoms in total. The van der Waals surface area contributed by atoms with Gasteiger partial charge in [0, 0.05) is 29.3 Å². The third-order valence-corrected chi connectivity index (χ3v) is 4.54. The zero-order valence-corrected chi connectivity index (χ0v) is 13.1. The number of anilines is 1. The third-order valence-electron chi connectivity index (χ3n) is 4.09. The minimum atomic E-state index is 0.654. The maximum atomic E-state index is 5.91. The second kappa shape index (κ2) is 5.62. The standard InChI is InChI=1S/C15H23BrN2/c1-10-4-11(2)12(3)18(8-10)9-13-5-14(16)7-15(17)6-13/h5-7,10-12H,4,8-9,17H2,1-3H3. The summed E-state index contributed by atoms with van der Waals surface area (Å²) in [6.07, 6.45) is 1.35. The van der Waals surface area contributed by atoms with Crippen molar-refractivity contribution in [2.75, 3.05) is 12.3 Å². The van der Waals surface area contributed by atoms with E-state index < -0.39 is 0 Å². The molecule has 2 N–H and O–H groups in total. The number of hydrogen-bond acceptors (Lipinski definition) is 2. The molecular formula is C15H23BrN2. The summed E-state index contributed by atoms with van der Waals surface area (Å²) in [5, 5.41) is 0. The Balaban J connectivity index is 2.12. The van der Waals surface area contributed by atoms with E-state index in [1.807, 2.05) is 6.07 Å². The molecule has 1 heterocycles. The number of rotatable bonds is 2. The Morgan fingerprint density at radius 2 is 2.00 bits per heavy atom. The van der Waals surface area contributed by atoms with Crippen LogP contribution in [0, 0.1) is 11.8 Å². The zero-order valence-electron chi connectivity index (χ0n) is 11.5. The lowest BCUT2D eigenvalue weighted by molar-refractivity contribution is 0.0729. The molecule has 0 saturated carbocycles. The van der Waals surface area contributed by atoms with Crippen molar-refractivity contribution in [3.63, 3.8) is 0 Å². The topological polar surface area (TPSA) is 29.3 Å². The van der Waals surface area contributed by atoms with Gasteiger partial charge in [0.1, 0.15) is 0 Å². The highest BCUT2D eigenvalue weighted by molar-refractivity contribution is 9.10. The van der Waals surface area contributed by atoms with Gasteiger partial charge in [-0.15, -0.1) is 0 Å². The number of halogens is 1. The summed E-state index contributed by atoms with van der Waals surface area (Å²) >= 11 is 3.52. The molecule has 3 unspecified atom stereocenters. The molecule has 1 aliphatic heterocycles. The minimum Gasteiger partial charge on any atom is -0.399 e. The van der Waals surface area contributed by atoms with Gasteiger partial charge in [-0.2, -0.15) is 0 Å². The predicted octanol–water partition coefficient (Wildman–Crippen LogP) is 3.90. The van der Waals surface area contributed by atoms with Gasteiger partial charge in [-0.05, 0) is 48.9 Å². The van der Waals surface area contributed by atoms with Crippen molar-refractivity contribution < 1.29 is 0 Å². The fourth-order valence-corrected chi connectivity index (χ4v) is 3.60. The monoisotopic (exact) mass is 310 g/mol. The van der Waals surface area contributed by atoms with E-state index in [2.05, 4.69) is 53.7 Å². The van der Waals surface area contributed by atoms with Crippen molar-refractivity contribution in [2.45, 2.75) is 39.8 Å². The molecule has 0 aromatic heterocycles. The van der Waals surface area contributed by atoms with E-state index >= 15 is 0 Å². The first-order valence-corrected chi connectivity index (χ1v) is 7.54. The van der Waals surface area contributed by atoms with E-state index in [1.54, 1.807) is 0 Å². The highest BCUT2D eigenvalue weighted by Gasteiger charge is 2.28. The first-order valence-electron chi connectivity index (χ1n) is 6.74. The average Bonchev–Trinajstić information content (AvgIpc) is 2.23. The van der Waals surface area contributed by atoms with Gasteiger partial charge in [0.2, 0.25) is 0 Å². The number of hydrogen-bond donors (Lipinski definition) is 1. The minimum absolute atomic E-state index is 0.654. The summed E-state index contributed by atoms with van der Waals surface area (Å²) in [4.78, 5) is 2.58. The molecule has 1 fully saturated rings. The Morgan fingerprint density at radius 1 is 1.28 bits per heavy atom. The van der Waals surface area contributed by atoms with E-state index in [4.69, 9.17) is 5.73 Å². The van der Waals surface area contributed by atoms with Crippen LogP contribution in [0.15, 0.2) is 22.7 Å². The van der Waals surface area contributed by atoms with E-state index in [1.165, 1.54) is 18.5 Å². The van der Waals surface area contributed by atoms with Crippen molar-refractivity contribution in [1.29, 1.82) is 0 Å². The summed E-state index contributed by atoms with van der Waals surface area (Å²) in [6.45, 7) is 9.25. The molecule has 1 aromatic carbocycles. The Bertz CT molecular complexity index is 399. The largest absolute Gasteiger partial charge is 0.399 e. The van der Waals surface area contributed by atoms with Gasteiger partial charge in [-0.25, -0.2) is 0 Å². The number of nitrogens with two attached hydrogens (primary N) is 1. The fourth-order valence-electron chi connectivity index (χ4n) is 3.04. The molecule has 18 heavy (non-hydrogen) atoms. The molecule has 1 saturated heterocycles. The van der Waals surface area contributed by atoms with Gasteiger partial charge in [-0.3, -0.25) is 4.90 Å². The Morgan fingerprint density at radius 3 is 2.67 bits per heavy atom. The van der Waals surface area contributed by atoms with E-state index in [-0.39, 0.29) is 0 Å². The van der Waals surface area contributed by atoms with E-state index in [9.17, 15) is 0 Å². The molecule has 0 amide bonds. The van der Waals surface area contributed by atoms with Crippen LogP contribution in [0.4, 0.5) is 5.69 Å². The Hall–Kier alpha value is -0.540. The maximum absolute atomic E-state index is 5.91. The second-order valence-corrected chi connectivity index (χ2v) is 6.80. The lowest BCUT2D eigenvalue weighted by Crippen LogP contribution is -2.45. The summed E-state index contributed by atoms with van der Waals surface area (Å²) < 4.78 is 1.07. The molecule has 1 aromatic rings. The van der Waals surface area contributed by atoms with Gasteiger partial charge >= 0.3 is 0 Å². The molecule has 100 valence electrons. The van der Waals surface area contributed by atoms with Crippen LogP contribution in [0.2, 0.25) is 0 Å². The molecule has 3 atom stereocenters. The number of piperidine rings is 1. The quantitative estimate of drug-likeness (QED) is 0.839. The second-order valence-electron chi connectivity index (χ2n) is 5.88. The molecule has 3 heteroatoms. The zero-order chi connectivity index (χ0) is 13.3. The van der Waals surface area contributed by atoms with E-state index in [0.29, 0.717) is 6.04 Å². The SMILES string of the molecule is CC1CC(C)C(C)N(Cc2cc(N)cc(Br)c2)C1. The normalized spacial score (nSPS) is 29.4. The summed E-state index contributed by atoms with van der Waals surface area (Å²) in [7, 11) is 0. The highest BCUT2D eigenvalue weighted by atomic mass is 79.9. The first-order chi connectivity index (χ1) is 8.45. The average molecular weight is 311 g/mol. The summed E-state index contributed by atoms with van der Waals surface area (Å²) in [5.41, 5.74) is 8.04. The third kappa shape index (κ3) is 3.27. The van der Waals surface area contributed by atoms with Gasteiger partial charge in [0.15, 0.2) is 0 Å². The van der Waals surface area contributed by atoms with Gasteiger partial charge < -0.3 is 5.73 Å². The number of likely N-dealkylation sites (tertiary alicyclic amines) is 1. The molecule has 2 rings (SSSR count). The van der Waals surface area contributed by atoms with Crippen LogP contribution < -0.4 is 5.73 Å². The molecule has 0 bridgehead atoms. The lowest BCUT2D eigenvalue weighted by atomic mass is 9.86. The smallest absolute Gasteiger partial charge is 0.0328 e. The lowest BCUT2D eigenvalue weighted by Gasteiger charge is -2.41. The maximum Gasteiger partial charge on any atom is 0.0328 e. The van der Waals surface area contributed by atoms with Crippen LogP contribution >= 0.6 is 15.9 Å². The van der Waals surface area contributed by atoms with Gasteiger partial charge in [0.05, 0.1) is 0 Å². The van der Waals surface area contributed by atoms with Gasteiger partial charge in [-0.1, -0.05) is 29.8 Å². The molecule has 0 spiro atoms. The van der Waals surface area contributed by atoms with Gasteiger partial charge in [0.25, 0.3) is 0 Å². The summed E-state index contributed by atoms with van der Waals surface area (Å²) in [5.74, 6) is 1.57. The Labute approximate surface area is 119 Å². The van der Waals surface area contributed by atoms with Crippen LogP contribution in [0.1, 0.15) is 32.8 Å². The van der Waals surface area contributed by atoms with Crippen LogP contribution in [-0.2, 0) is 6.54 Å². The number of nitrogens with zero attached hydrogens (tertiary/aromatic N) is 1. The van der Waals surface area contributed by atoms with Crippen molar-refractivity contribution in [2.24, 2.45) is 11.8 Å².